The number of aromatic amines is 1. The molecule has 0 aliphatic carbocycles. The van der Waals surface area contributed by atoms with Crippen LogP contribution in [-0.2, 0) is 14.8 Å². The predicted molar refractivity (Wildman–Crippen MR) is 117 cm³/mol. The lowest BCUT2D eigenvalue weighted by atomic mass is 10.2. The number of carbonyl (C=O) groups excluding carboxylic acids is 1. The second-order valence-corrected chi connectivity index (χ2v) is 8.62. The number of nitrogens with zero attached hydrogens (tertiary/aromatic N) is 3. The molecule has 0 spiro atoms. The molecule has 4 aromatic rings. The number of aromatic hydroxyl groups is 1. The Bertz CT molecular complexity index is 1400. The number of sulfonamides is 1. The molecule has 0 saturated carbocycles. The first-order valence-corrected chi connectivity index (χ1v) is 10.9. The van der Waals surface area contributed by atoms with Gasteiger partial charge >= 0.3 is 0 Å². The van der Waals surface area contributed by atoms with Gasteiger partial charge in [-0.25, -0.2) is 12.8 Å². The molecule has 1 heterocycles. The Morgan fingerprint density at radius 2 is 1.62 bits per heavy atom. The van der Waals surface area contributed by atoms with Crippen LogP contribution in [-0.4, -0.2) is 31.0 Å². The number of hydrogen-bond acceptors (Lipinski definition) is 5. The first-order chi connectivity index (χ1) is 15.4. The topological polar surface area (TPSA) is 115 Å². The van der Waals surface area contributed by atoms with Gasteiger partial charge in [-0.2, -0.15) is 0 Å². The number of benzene rings is 3. The molecule has 162 valence electrons. The molecule has 32 heavy (non-hydrogen) atoms. The van der Waals surface area contributed by atoms with Crippen LogP contribution in [0.15, 0.2) is 94.0 Å². The summed E-state index contributed by atoms with van der Waals surface area (Å²) in [5.74, 6) is -1.69. The summed E-state index contributed by atoms with van der Waals surface area (Å²) in [6.07, 6.45) is 0. The molecule has 0 saturated heterocycles. The molecule has 8 nitrogen and oxygen atoms in total. The van der Waals surface area contributed by atoms with Crippen molar-refractivity contribution in [2.75, 3.05) is 10.8 Å². The summed E-state index contributed by atoms with van der Waals surface area (Å²) in [7, 11) is -4.14. The Balaban J connectivity index is 1.66. The molecule has 0 bridgehead atoms. The van der Waals surface area contributed by atoms with E-state index in [4.69, 9.17) is 0 Å². The van der Waals surface area contributed by atoms with Gasteiger partial charge in [0.05, 0.1) is 16.1 Å². The summed E-state index contributed by atoms with van der Waals surface area (Å²) >= 11 is 0. The molecule has 4 rings (SSSR count). The van der Waals surface area contributed by atoms with Crippen molar-refractivity contribution in [1.82, 2.24) is 4.98 Å². The summed E-state index contributed by atoms with van der Waals surface area (Å²) in [5.41, 5.74) is 0.757. The Kier molecular flexibility index (Phi) is 5.69. The van der Waals surface area contributed by atoms with Gasteiger partial charge in [-0.15, -0.1) is 10.2 Å². The van der Waals surface area contributed by atoms with Crippen LogP contribution in [0.25, 0.3) is 10.9 Å². The van der Waals surface area contributed by atoms with Gasteiger partial charge in [-0.3, -0.25) is 9.10 Å². The summed E-state index contributed by atoms with van der Waals surface area (Å²) < 4.78 is 40.6. The molecule has 10 heteroatoms. The van der Waals surface area contributed by atoms with Crippen molar-refractivity contribution in [3.05, 3.63) is 84.7 Å². The van der Waals surface area contributed by atoms with E-state index in [9.17, 15) is 22.7 Å². The number of fused-ring (bicyclic) bond motifs is 1. The van der Waals surface area contributed by atoms with Crippen LogP contribution in [0.1, 0.15) is 0 Å². The minimum atomic E-state index is -4.14. The molecular weight excluding hydrogens is 435 g/mol. The van der Waals surface area contributed by atoms with Crippen molar-refractivity contribution in [2.45, 2.75) is 4.90 Å². The molecule has 0 fully saturated rings. The zero-order valence-electron chi connectivity index (χ0n) is 16.5. The lowest BCUT2D eigenvalue weighted by molar-refractivity contribution is -0.116. The molecule has 0 aliphatic heterocycles. The zero-order chi connectivity index (χ0) is 22.7. The van der Waals surface area contributed by atoms with Gasteiger partial charge in [-0.1, -0.05) is 36.4 Å². The van der Waals surface area contributed by atoms with E-state index in [0.29, 0.717) is 10.9 Å². The average Bonchev–Trinajstić information content (AvgIpc) is 3.12. The van der Waals surface area contributed by atoms with Crippen LogP contribution in [0.3, 0.4) is 0 Å². The summed E-state index contributed by atoms with van der Waals surface area (Å²) in [6.45, 7) is -0.671. The Labute approximate surface area is 182 Å². The van der Waals surface area contributed by atoms with Gasteiger partial charge in [-0.05, 0) is 42.5 Å². The molecule has 0 atom stereocenters. The average molecular weight is 452 g/mol. The molecule has 3 aromatic carbocycles. The number of para-hydroxylation sites is 1. The number of aromatic nitrogens is 1. The van der Waals surface area contributed by atoms with Crippen molar-refractivity contribution >= 4 is 38.2 Å². The van der Waals surface area contributed by atoms with Gasteiger partial charge in [0.25, 0.3) is 15.9 Å². The summed E-state index contributed by atoms with van der Waals surface area (Å²) in [5, 5.41) is 18.0. The van der Waals surface area contributed by atoms with Gasteiger partial charge < -0.3 is 10.1 Å². The number of azo groups is 1. The minimum Gasteiger partial charge on any atom is -0.493 e. The Hall–Kier alpha value is -4.05. The van der Waals surface area contributed by atoms with E-state index in [1.54, 1.807) is 42.5 Å². The molecule has 0 aliphatic rings. The molecule has 2 N–H and O–H groups in total. The van der Waals surface area contributed by atoms with E-state index in [2.05, 4.69) is 15.2 Å². The van der Waals surface area contributed by atoms with Crippen molar-refractivity contribution in [2.24, 2.45) is 10.2 Å². The maximum atomic E-state index is 13.4. The maximum absolute atomic E-state index is 13.4. The van der Waals surface area contributed by atoms with Crippen LogP contribution in [0.2, 0.25) is 0 Å². The van der Waals surface area contributed by atoms with Crippen molar-refractivity contribution < 1.29 is 22.7 Å². The van der Waals surface area contributed by atoms with E-state index >= 15 is 0 Å². The number of anilines is 1. The number of amides is 1. The van der Waals surface area contributed by atoms with Gasteiger partial charge in [0.1, 0.15) is 12.4 Å². The highest BCUT2D eigenvalue weighted by Gasteiger charge is 2.27. The first-order valence-electron chi connectivity index (χ1n) is 9.44. The number of hydrogen-bond donors (Lipinski definition) is 2. The third-order valence-electron chi connectivity index (χ3n) is 4.65. The lowest BCUT2D eigenvalue weighted by Gasteiger charge is -2.23. The molecule has 1 aromatic heterocycles. The smallest absolute Gasteiger partial charge is 0.285 e. The third kappa shape index (κ3) is 4.21. The molecular formula is C22H17FN4O4S. The van der Waals surface area contributed by atoms with Gasteiger partial charge in [0, 0.05) is 5.39 Å². The number of halogens is 1. The second kappa shape index (κ2) is 8.60. The van der Waals surface area contributed by atoms with Crippen molar-refractivity contribution in [3.63, 3.8) is 0 Å². The van der Waals surface area contributed by atoms with Gasteiger partial charge in [0.15, 0.2) is 5.69 Å². The highest BCUT2D eigenvalue weighted by atomic mass is 32.2. The highest BCUT2D eigenvalue weighted by Crippen LogP contribution is 2.35. The van der Waals surface area contributed by atoms with Crippen LogP contribution in [0.4, 0.5) is 15.8 Å². The van der Waals surface area contributed by atoms with E-state index in [1.807, 2.05) is 0 Å². The monoisotopic (exact) mass is 452 g/mol. The molecule has 1 amide bonds. The van der Waals surface area contributed by atoms with E-state index in [1.165, 1.54) is 24.3 Å². The third-order valence-corrected chi connectivity index (χ3v) is 6.43. The molecule has 0 radical (unpaired) electrons. The highest BCUT2D eigenvalue weighted by molar-refractivity contribution is 7.92. The van der Waals surface area contributed by atoms with E-state index < -0.39 is 28.3 Å². The van der Waals surface area contributed by atoms with E-state index in [-0.39, 0.29) is 22.2 Å². The standard InChI is InChI=1S/C22H17FN4O4S/c23-15-10-12-16(13-11-15)27(32(30,31)17-6-2-1-3-7-17)14-20(28)25-26-21-18-8-4-5-9-19(18)24-22(21)29/h1-13,24,29H,14H2. The van der Waals surface area contributed by atoms with Gasteiger partial charge in [0.2, 0.25) is 5.88 Å². The van der Waals surface area contributed by atoms with Crippen molar-refractivity contribution in [1.29, 1.82) is 0 Å². The SMILES string of the molecule is O=C(CN(c1ccc(F)cc1)S(=O)(=O)c1ccccc1)N=Nc1c(O)[nH]c2ccccc12. The first kappa shape index (κ1) is 21.2. The zero-order valence-corrected chi connectivity index (χ0v) is 17.3. The lowest BCUT2D eigenvalue weighted by Crippen LogP contribution is -2.35. The normalized spacial score (nSPS) is 11.8. The largest absolute Gasteiger partial charge is 0.493 e. The summed E-state index contributed by atoms with van der Waals surface area (Å²) in [4.78, 5) is 15.3. The van der Waals surface area contributed by atoms with Crippen LogP contribution >= 0.6 is 0 Å². The Morgan fingerprint density at radius 1 is 0.969 bits per heavy atom. The maximum Gasteiger partial charge on any atom is 0.285 e. The number of H-pyrrole nitrogens is 1. The number of carbonyl (C=O) groups is 1. The quantitative estimate of drug-likeness (QED) is 0.419. The van der Waals surface area contributed by atoms with Crippen molar-refractivity contribution in [3.8, 4) is 5.88 Å². The number of rotatable bonds is 6. The predicted octanol–water partition coefficient (Wildman–Crippen LogP) is 4.52. The minimum absolute atomic E-state index is 0.0386. The molecule has 0 unspecified atom stereocenters. The number of nitrogens with one attached hydrogen (secondary N) is 1. The van der Waals surface area contributed by atoms with Crippen LogP contribution in [0.5, 0.6) is 5.88 Å². The van der Waals surface area contributed by atoms with E-state index in [0.717, 1.165) is 16.4 Å². The van der Waals surface area contributed by atoms with Crippen LogP contribution in [0, 0.1) is 5.82 Å². The second-order valence-electron chi connectivity index (χ2n) is 6.76. The fourth-order valence-electron chi connectivity index (χ4n) is 3.12. The fraction of sp³-hybridized carbons (Fsp3) is 0.0455. The summed E-state index contributed by atoms with van der Waals surface area (Å²) in [6, 6.07) is 19.2. The Morgan fingerprint density at radius 3 is 2.34 bits per heavy atom. The van der Waals surface area contributed by atoms with Crippen LogP contribution < -0.4 is 4.31 Å². The fourth-order valence-corrected chi connectivity index (χ4v) is 4.55.